The number of hydrogen-bond donors (Lipinski definition) is 2. The summed E-state index contributed by atoms with van der Waals surface area (Å²) in [6.07, 6.45) is -4.86. The molecule has 0 bridgehead atoms. The second-order valence-electron chi connectivity index (χ2n) is 2.79. The zero-order valence-electron chi connectivity index (χ0n) is 8.34. The van der Waals surface area contributed by atoms with Crippen LogP contribution in [-0.2, 0) is 6.54 Å². The first kappa shape index (κ1) is 12.4. The van der Waals surface area contributed by atoms with Crippen LogP contribution in [0.2, 0.25) is 0 Å². The summed E-state index contributed by atoms with van der Waals surface area (Å²) in [6.45, 7) is -0.0532. The molecule has 1 aromatic heterocycles. The molecule has 1 aromatic rings. The van der Waals surface area contributed by atoms with Gasteiger partial charge in [-0.15, -0.1) is 13.2 Å². The average Bonchev–Trinajstić information content (AvgIpc) is 2.14. The van der Waals surface area contributed by atoms with Gasteiger partial charge in [0.05, 0.1) is 18.5 Å². The molecular formula is C8H10F3N3O2. The highest BCUT2D eigenvalue weighted by atomic mass is 19.4. The van der Waals surface area contributed by atoms with Gasteiger partial charge in [-0.25, -0.2) is 4.98 Å². The van der Waals surface area contributed by atoms with Crippen LogP contribution in [-0.4, -0.2) is 18.5 Å². The minimum Gasteiger partial charge on any atom is -0.490 e. The summed E-state index contributed by atoms with van der Waals surface area (Å²) in [5, 5.41) is 0. The fraction of sp³-hybridized carbons (Fsp3) is 0.375. The van der Waals surface area contributed by atoms with Gasteiger partial charge in [-0.05, 0) is 6.07 Å². The molecule has 0 saturated carbocycles. The van der Waals surface area contributed by atoms with E-state index in [0.717, 1.165) is 0 Å². The molecule has 16 heavy (non-hydrogen) atoms. The molecule has 90 valence electrons. The van der Waals surface area contributed by atoms with Crippen LogP contribution in [0.15, 0.2) is 6.07 Å². The van der Waals surface area contributed by atoms with E-state index in [1.54, 1.807) is 0 Å². The average molecular weight is 237 g/mol. The van der Waals surface area contributed by atoms with Crippen molar-refractivity contribution in [3.8, 4) is 11.6 Å². The van der Waals surface area contributed by atoms with E-state index >= 15 is 0 Å². The lowest BCUT2D eigenvalue weighted by molar-refractivity contribution is -0.276. The van der Waals surface area contributed by atoms with Crippen molar-refractivity contribution in [3.05, 3.63) is 11.8 Å². The van der Waals surface area contributed by atoms with E-state index in [1.807, 2.05) is 0 Å². The van der Waals surface area contributed by atoms with E-state index in [0.29, 0.717) is 0 Å². The minimum atomic E-state index is -4.86. The van der Waals surface area contributed by atoms with Crippen molar-refractivity contribution in [2.24, 2.45) is 5.73 Å². The van der Waals surface area contributed by atoms with Gasteiger partial charge in [-0.3, -0.25) is 0 Å². The molecule has 0 aliphatic rings. The molecule has 0 atom stereocenters. The third-order valence-electron chi connectivity index (χ3n) is 1.65. The maximum atomic E-state index is 12.0. The summed E-state index contributed by atoms with van der Waals surface area (Å²) in [4.78, 5) is 3.54. The smallest absolute Gasteiger partial charge is 0.490 e. The summed E-state index contributed by atoms with van der Waals surface area (Å²) >= 11 is 0. The molecule has 0 amide bonds. The van der Waals surface area contributed by atoms with Crippen molar-refractivity contribution < 1.29 is 22.6 Å². The monoisotopic (exact) mass is 237 g/mol. The van der Waals surface area contributed by atoms with E-state index < -0.39 is 12.2 Å². The number of rotatable bonds is 3. The summed E-state index contributed by atoms with van der Waals surface area (Å²) in [6, 6.07) is 1.32. The summed E-state index contributed by atoms with van der Waals surface area (Å²) in [5.74, 6) is -1.01. The maximum absolute atomic E-state index is 12.0. The van der Waals surface area contributed by atoms with Crippen molar-refractivity contribution in [1.29, 1.82) is 0 Å². The largest absolute Gasteiger partial charge is 0.574 e. The van der Waals surface area contributed by atoms with E-state index in [4.69, 9.17) is 11.5 Å². The fourth-order valence-electron chi connectivity index (χ4n) is 1.07. The van der Waals surface area contributed by atoms with Crippen LogP contribution >= 0.6 is 0 Å². The van der Waals surface area contributed by atoms with Crippen LogP contribution in [0.25, 0.3) is 0 Å². The number of pyridine rings is 1. The Morgan fingerprint density at radius 1 is 1.44 bits per heavy atom. The first-order chi connectivity index (χ1) is 7.37. The van der Waals surface area contributed by atoms with Crippen molar-refractivity contribution >= 4 is 5.69 Å². The Balaban J connectivity index is 3.18. The number of hydrogen-bond acceptors (Lipinski definition) is 5. The summed E-state index contributed by atoms with van der Waals surface area (Å²) < 4.78 is 44.4. The SMILES string of the molecule is COc1c(N)cc(CN)nc1OC(F)(F)F. The topological polar surface area (TPSA) is 83.4 Å². The molecule has 8 heteroatoms. The third kappa shape index (κ3) is 2.89. The lowest BCUT2D eigenvalue weighted by Crippen LogP contribution is -2.19. The zero-order valence-corrected chi connectivity index (χ0v) is 8.34. The highest BCUT2D eigenvalue weighted by molar-refractivity contribution is 5.58. The van der Waals surface area contributed by atoms with Crippen LogP contribution in [0.5, 0.6) is 11.6 Å². The molecular weight excluding hydrogens is 227 g/mol. The Labute approximate surface area is 89.1 Å². The number of anilines is 1. The van der Waals surface area contributed by atoms with Gasteiger partial charge in [0.1, 0.15) is 0 Å². The van der Waals surface area contributed by atoms with Crippen LogP contribution in [0, 0.1) is 0 Å². The molecule has 5 nitrogen and oxygen atoms in total. The Kier molecular flexibility index (Phi) is 3.43. The van der Waals surface area contributed by atoms with Crippen LogP contribution in [0.3, 0.4) is 0 Å². The Morgan fingerprint density at radius 3 is 2.50 bits per heavy atom. The van der Waals surface area contributed by atoms with E-state index in [2.05, 4.69) is 14.5 Å². The maximum Gasteiger partial charge on any atom is 0.574 e. The van der Waals surface area contributed by atoms with Gasteiger partial charge in [0.15, 0.2) is 0 Å². The first-order valence-electron chi connectivity index (χ1n) is 4.16. The van der Waals surface area contributed by atoms with Gasteiger partial charge in [0.25, 0.3) is 5.88 Å². The Hall–Kier alpha value is -1.70. The first-order valence-corrected chi connectivity index (χ1v) is 4.16. The number of nitrogens with zero attached hydrogens (tertiary/aromatic N) is 1. The lowest BCUT2D eigenvalue weighted by Gasteiger charge is -2.13. The summed E-state index contributed by atoms with van der Waals surface area (Å²) in [7, 11) is 1.17. The Morgan fingerprint density at radius 2 is 2.06 bits per heavy atom. The van der Waals surface area contributed by atoms with Gasteiger partial charge >= 0.3 is 6.36 Å². The summed E-state index contributed by atoms with van der Waals surface area (Å²) in [5.41, 5.74) is 10.9. The number of methoxy groups -OCH3 is 1. The van der Waals surface area contributed by atoms with Crippen LogP contribution in [0.4, 0.5) is 18.9 Å². The van der Waals surface area contributed by atoms with E-state index in [1.165, 1.54) is 13.2 Å². The van der Waals surface area contributed by atoms with E-state index in [9.17, 15) is 13.2 Å². The van der Waals surface area contributed by atoms with Crippen molar-refractivity contribution in [2.75, 3.05) is 12.8 Å². The number of aromatic nitrogens is 1. The Bertz CT molecular complexity index is 382. The molecule has 1 heterocycles. The standard InChI is InChI=1S/C8H10F3N3O2/c1-15-6-5(13)2-4(3-12)14-7(6)16-8(9,10)11/h2H,3,12H2,1H3,(H2,13,14). The molecule has 1 rings (SSSR count). The molecule has 0 aromatic carbocycles. The fourth-order valence-corrected chi connectivity index (χ4v) is 1.07. The number of halogens is 3. The quantitative estimate of drug-likeness (QED) is 0.820. The molecule has 0 fully saturated rings. The van der Waals surface area contributed by atoms with Gasteiger partial charge in [0.2, 0.25) is 5.75 Å². The predicted molar refractivity (Wildman–Crippen MR) is 49.8 cm³/mol. The number of nitrogens with two attached hydrogens (primary N) is 2. The predicted octanol–water partition coefficient (Wildman–Crippen LogP) is 1.03. The molecule has 0 spiro atoms. The number of alkyl halides is 3. The van der Waals surface area contributed by atoms with Gasteiger partial charge < -0.3 is 20.9 Å². The van der Waals surface area contributed by atoms with Gasteiger partial charge in [-0.1, -0.05) is 0 Å². The molecule has 4 N–H and O–H groups in total. The zero-order chi connectivity index (χ0) is 12.3. The van der Waals surface area contributed by atoms with Crippen molar-refractivity contribution in [3.63, 3.8) is 0 Å². The van der Waals surface area contributed by atoms with Crippen molar-refractivity contribution in [2.45, 2.75) is 12.9 Å². The molecule has 0 saturated heterocycles. The molecule has 0 aliphatic heterocycles. The minimum absolute atomic E-state index is 0.0165. The van der Waals surface area contributed by atoms with E-state index in [-0.39, 0.29) is 23.7 Å². The van der Waals surface area contributed by atoms with Crippen LogP contribution in [0.1, 0.15) is 5.69 Å². The number of ether oxygens (including phenoxy) is 2. The highest BCUT2D eigenvalue weighted by Crippen LogP contribution is 2.35. The molecule has 0 unspecified atom stereocenters. The highest BCUT2D eigenvalue weighted by Gasteiger charge is 2.34. The normalized spacial score (nSPS) is 11.3. The number of nitrogen functional groups attached to an aromatic ring is 1. The molecule has 0 radical (unpaired) electrons. The van der Waals surface area contributed by atoms with Gasteiger partial charge in [-0.2, -0.15) is 0 Å². The lowest BCUT2D eigenvalue weighted by atomic mass is 10.3. The van der Waals surface area contributed by atoms with Gasteiger partial charge in [0, 0.05) is 6.54 Å². The van der Waals surface area contributed by atoms with Crippen molar-refractivity contribution in [1.82, 2.24) is 4.98 Å². The second kappa shape index (κ2) is 4.44. The molecule has 0 aliphatic carbocycles. The second-order valence-corrected chi connectivity index (χ2v) is 2.79. The van der Waals surface area contributed by atoms with Crippen LogP contribution < -0.4 is 20.9 Å². The third-order valence-corrected chi connectivity index (χ3v) is 1.65.